The first kappa shape index (κ1) is 7.17. The second-order valence-corrected chi connectivity index (χ2v) is 2.87. The standard InChI is InChI=1S/C7H6N4S/c1-2-4-8-6(3-1)11-7-9-5-10-12-7/h1-5H,(H,8,9,10,11). The summed E-state index contributed by atoms with van der Waals surface area (Å²) in [5.41, 5.74) is 0. The molecule has 0 aliphatic rings. The number of hydrogen-bond donors (Lipinski definition) is 1. The molecule has 0 atom stereocenters. The first-order chi connectivity index (χ1) is 5.95. The van der Waals surface area contributed by atoms with Gasteiger partial charge >= 0.3 is 0 Å². The zero-order valence-electron chi connectivity index (χ0n) is 6.14. The largest absolute Gasteiger partial charge is 0.315 e. The number of pyridine rings is 1. The fourth-order valence-corrected chi connectivity index (χ4v) is 1.21. The second kappa shape index (κ2) is 3.27. The van der Waals surface area contributed by atoms with Gasteiger partial charge in [0, 0.05) is 17.7 Å². The van der Waals surface area contributed by atoms with E-state index in [1.807, 2.05) is 18.2 Å². The molecule has 2 aromatic rings. The van der Waals surface area contributed by atoms with Crippen LogP contribution in [0.15, 0.2) is 30.7 Å². The molecule has 0 aliphatic carbocycles. The normalized spacial score (nSPS) is 9.67. The predicted molar refractivity (Wildman–Crippen MR) is 47.4 cm³/mol. The molecular weight excluding hydrogens is 172 g/mol. The van der Waals surface area contributed by atoms with Gasteiger partial charge in [0.25, 0.3) is 0 Å². The van der Waals surface area contributed by atoms with Crippen molar-refractivity contribution in [3.8, 4) is 0 Å². The third-order valence-electron chi connectivity index (χ3n) is 1.26. The number of aromatic nitrogens is 3. The molecular formula is C7H6N4S. The highest BCUT2D eigenvalue weighted by Gasteiger charge is 1.95. The monoisotopic (exact) mass is 178 g/mol. The molecule has 0 amide bonds. The number of rotatable bonds is 2. The fraction of sp³-hybridized carbons (Fsp3) is 0. The van der Waals surface area contributed by atoms with Crippen molar-refractivity contribution in [3.63, 3.8) is 0 Å². The molecule has 0 fully saturated rings. The number of nitrogens with one attached hydrogen (secondary N) is 1. The Labute approximate surface area is 73.5 Å². The van der Waals surface area contributed by atoms with Gasteiger partial charge in [-0.25, -0.2) is 9.97 Å². The summed E-state index contributed by atoms with van der Waals surface area (Å²) >= 11 is 1.31. The molecule has 1 N–H and O–H groups in total. The van der Waals surface area contributed by atoms with Crippen LogP contribution >= 0.6 is 11.5 Å². The Kier molecular flexibility index (Phi) is 1.96. The van der Waals surface area contributed by atoms with Crippen LogP contribution in [0.3, 0.4) is 0 Å². The van der Waals surface area contributed by atoms with Crippen molar-refractivity contribution in [2.75, 3.05) is 5.32 Å². The van der Waals surface area contributed by atoms with Crippen LogP contribution in [0.25, 0.3) is 0 Å². The van der Waals surface area contributed by atoms with E-state index in [2.05, 4.69) is 19.7 Å². The molecule has 2 rings (SSSR count). The molecule has 0 spiro atoms. The van der Waals surface area contributed by atoms with Gasteiger partial charge in [0.05, 0.1) is 0 Å². The predicted octanol–water partition coefficient (Wildman–Crippen LogP) is 1.68. The first-order valence-corrected chi connectivity index (χ1v) is 4.17. The van der Waals surface area contributed by atoms with E-state index in [0.717, 1.165) is 10.9 Å². The maximum Gasteiger partial charge on any atom is 0.207 e. The molecule has 4 nitrogen and oxygen atoms in total. The molecule has 0 bridgehead atoms. The summed E-state index contributed by atoms with van der Waals surface area (Å²) in [4.78, 5) is 8.05. The average molecular weight is 178 g/mol. The molecule has 0 aliphatic heterocycles. The highest BCUT2D eigenvalue weighted by molar-refractivity contribution is 7.09. The van der Waals surface area contributed by atoms with E-state index < -0.39 is 0 Å². The zero-order chi connectivity index (χ0) is 8.23. The van der Waals surface area contributed by atoms with Crippen LogP contribution in [-0.4, -0.2) is 14.3 Å². The van der Waals surface area contributed by atoms with Gasteiger partial charge in [0.1, 0.15) is 12.1 Å². The van der Waals surface area contributed by atoms with Crippen molar-refractivity contribution >= 4 is 22.5 Å². The summed E-state index contributed by atoms with van der Waals surface area (Å²) in [5, 5.41) is 3.78. The van der Waals surface area contributed by atoms with E-state index in [-0.39, 0.29) is 0 Å². The van der Waals surface area contributed by atoms with Gasteiger partial charge in [-0.05, 0) is 12.1 Å². The molecule has 2 heterocycles. The topological polar surface area (TPSA) is 50.7 Å². The molecule has 0 saturated heterocycles. The van der Waals surface area contributed by atoms with Gasteiger partial charge in [-0.2, -0.15) is 4.37 Å². The number of nitrogens with zero attached hydrogens (tertiary/aromatic N) is 3. The summed E-state index contributed by atoms with van der Waals surface area (Å²) in [7, 11) is 0. The molecule has 0 aromatic carbocycles. The average Bonchev–Trinajstić information content (AvgIpc) is 2.59. The van der Waals surface area contributed by atoms with Gasteiger partial charge in [0.2, 0.25) is 5.13 Å². The maximum absolute atomic E-state index is 4.08. The lowest BCUT2D eigenvalue weighted by molar-refractivity contribution is 1.27. The van der Waals surface area contributed by atoms with Crippen LogP contribution in [0, 0.1) is 0 Å². The van der Waals surface area contributed by atoms with Crippen LogP contribution in [0.5, 0.6) is 0 Å². The van der Waals surface area contributed by atoms with Crippen LogP contribution in [0.4, 0.5) is 10.9 Å². The number of hydrogen-bond acceptors (Lipinski definition) is 5. The van der Waals surface area contributed by atoms with Gasteiger partial charge in [0.15, 0.2) is 0 Å². The van der Waals surface area contributed by atoms with Gasteiger partial charge in [-0.15, -0.1) is 0 Å². The Morgan fingerprint density at radius 1 is 1.25 bits per heavy atom. The summed E-state index contributed by atoms with van der Waals surface area (Å²) in [6.07, 6.45) is 3.24. The third-order valence-corrected chi connectivity index (χ3v) is 1.84. The lowest BCUT2D eigenvalue weighted by Crippen LogP contribution is -1.90. The molecule has 60 valence electrons. The lowest BCUT2D eigenvalue weighted by Gasteiger charge is -1.97. The minimum absolute atomic E-state index is 0.758. The summed E-state index contributed by atoms with van der Waals surface area (Å²) in [5.74, 6) is 0.786. The van der Waals surface area contributed by atoms with Crippen molar-refractivity contribution in [3.05, 3.63) is 30.7 Å². The Morgan fingerprint density at radius 3 is 2.92 bits per heavy atom. The SMILES string of the molecule is c1ccc(Nc2ncns2)nc1. The smallest absolute Gasteiger partial charge is 0.207 e. The van der Waals surface area contributed by atoms with Crippen LogP contribution in [-0.2, 0) is 0 Å². The highest BCUT2D eigenvalue weighted by atomic mass is 32.1. The van der Waals surface area contributed by atoms with E-state index in [1.165, 1.54) is 17.9 Å². The van der Waals surface area contributed by atoms with Crippen molar-refractivity contribution in [2.24, 2.45) is 0 Å². The van der Waals surface area contributed by atoms with E-state index in [9.17, 15) is 0 Å². The molecule has 0 radical (unpaired) electrons. The molecule has 0 saturated carbocycles. The van der Waals surface area contributed by atoms with E-state index in [0.29, 0.717) is 0 Å². The summed E-state index contributed by atoms with van der Waals surface area (Å²) in [6.45, 7) is 0. The molecule has 5 heteroatoms. The van der Waals surface area contributed by atoms with Gasteiger partial charge < -0.3 is 5.32 Å². The summed E-state index contributed by atoms with van der Waals surface area (Å²) in [6, 6.07) is 5.66. The Balaban J connectivity index is 2.15. The second-order valence-electron chi connectivity index (χ2n) is 2.09. The maximum atomic E-state index is 4.08. The highest BCUT2D eigenvalue weighted by Crippen LogP contribution is 2.13. The summed E-state index contributed by atoms with van der Waals surface area (Å²) < 4.78 is 3.86. The molecule has 2 aromatic heterocycles. The third kappa shape index (κ3) is 1.57. The zero-order valence-corrected chi connectivity index (χ0v) is 6.95. The van der Waals surface area contributed by atoms with Gasteiger partial charge in [-0.3, -0.25) is 0 Å². The minimum atomic E-state index is 0.758. The minimum Gasteiger partial charge on any atom is -0.315 e. The van der Waals surface area contributed by atoms with E-state index in [4.69, 9.17) is 0 Å². The lowest BCUT2D eigenvalue weighted by atomic mass is 10.5. The van der Waals surface area contributed by atoms with Gasteiger partial charge in [-0.1, -0.05) is 6.07 Å². The molecule has 0 unspecified atom stereocenters. The van der Waals surface area contributed by atoms with Crippen molar-refractivity contribution in [1.82, 2.24) is 14.3 Å². The van der Waals surface area contributed by atoms with E-state index in [1.54, 1.807) is 6.20 Å². The van der Waals surface area contributed by atoms with Crippen LogP contribution in [0.2, 0.25) is 0 Å². The van der Waals surface area contributed by atoms with Crippen LogP contribution < -0.4 is 5.32 Å². The Bertz CT molecular complexity index is 332. The first-order valence-electron chi connectivity index (χ1n) is 3.40. The Morgan fingerprint density at radius 2 is 2.25 bits per heavy atom. The number of anilines is 2. The van der Waals surface area contributed by atoms with Crippen molar-refractivity contribution in [2.45, 2.75) is 0 Å². The van der Waals surface area contributed by atoms with Crippen molar-refractivity contribution in [1.29, 1.82) is 0 Å². The fourth-order valence-electron chi connectivity index (χ4n) is 0.774. The van der Waals surface area contributed by atoms with Crippen LogP contribution in [0.1, 0.15) is 0 Å². The van der Waals surface area contributed by atoms with E-state index >= 15 is 0 Å². The quantitative estimate of drug-likeness (QED) is 0.760. The molecule has 12 heavy (non-hydrogen) atoms. The van der Waals surface area contributed by atoms with Crippen molar-refractivity contribution < 1.29 is 0 Å². The Hall–Kier alpha value is -1.49.